The van der Waals surface area contributed by atoms with Crippen LogP contribution in [0.3, 0.4) is 0 Å². The van der Waals surface area contributed by atoms with Gasteiger partial charge in [0.1, 0.15) is 11.6 Å². The number of rotatable bonds is 8. The summed E-state index contributed by atoms with van der Waals surface area (Å²) in [4.78, 5) is 20.6. The van der Waals surface area contributed by atoms with E-state index in [1.807, 2.05) is 17.8 Å². The highest BCUT2D eigenvalue weighted by Crippen LogP contribution is 2.29. The van der Waals surface area contributed by atoms with Crippen LogP contribution in [0.1, 0.15) is 5.69 Å². The Morgan fingerprint density at radius 1 is 1.24 bits per heavy atom. The molecule has 0 radical (unpaired) electrons. The van der Waals surface area contributed by atoms with Crippen molar-refractivity contribution < 1.29 is 23.0 Å². The molecule has 3 aromatic rings. The molecule has 0 saturated carbocycles. The molecule has 3 rings (SSSR count). The van der Waals surface area contributed by atoms with Crippen LogP contribution >= 0.6 is 11.8 Å². The summed E-state index contributed by atoms with van der Waals surface area (Å²) in [7, 11) is 3.36. The number of amides is 1. The van der Waals surface area contributed by atoms with E-state index in [0.29, 0.717) is 29.0 Å². The van der Waals surface area contributed by atoms with Crippen molar-refractivity contribution in [3.63, 3.8) is 0 Å². The smallest absolute Gasteiger partial charge is 0.262 e. The number of carbonyl (C=O) groups excluding carboxylic acids is 1. The number of nitrogens with one attached hydrogen (secondary N) is 1. The van der Waals surface area contributed by atoms with E-state index in [4.69, 9.17) is 9.47 Å². The Kier molecular flexibility index (Phi) is 6.65. The number of aromatic nitrogens is 3. The average molecular weight is 420 g/mol. The highest BCUT2D eigenvalue weighted by atomic mass is 32.2. The second kappa shape index (κ2) is 9.37. The molecule has 0 atom stereocenters. The highest BCUT2D eigenvalue weighted by molar-refractivity contribution is 7.98. The fourth-order valence-corrected chi connectivity index (χ4v) is 3.19. The minimum absolute atomic E-state index is 0.131. The molecule has 1 amide bonds. The van der Waals surface area contributed by atoms with E-state index in [2.05, 4.69) is 15.3 Å². The molecule has 1 aromatic carbocycles. The van der Waals surface area contributed by atoms with E-state index >= 15 is 0 Å². The van der Waals surface area contributed by atoms with E-state index in [9.17, 15) is 13.6 Å². The number of halogens is 2. The first-order valence-electron chi connectivity index (χ1n) is 8.47. The van der Waals surface area contributed by atoms with Gasteiger partial charge >= 0.3 is 0 Å². The summed E-state index contributed by atoms with van der Waals surface area (Å²) in [5.41, 5.74) is 0.577. The third-order valence-corrected chi connectivity index (χ3v) is 4.89. The monoisotopic (exact) mass is 420 g/mol. The Bertz CT molecular complexity index is 1010. The van der Waals surface area contributed by atoms with Crippen LogP contribution in [0.2, 0.25) is 0 Å². The molecule has 0 aliphatic heterocycles. The van der Waals surface area contributed by atoms with E-state index in [1.54, 1.807) is 12.3 Å². The largest absolute Gasteiger partial charge is 0.491 e. The minimum atomic E-state index is -0.867. The summed E-state index contributed by atoms with van der Waals surface area (Å²) in [5.74, 6) is -0.969. The number of anilines is 1. The van der Waals surface area contributed by atoms with Crippen LogP contribution in [-0.2, 0) is 17.6 Å². The molecule has 2 aromatic heterocycles. The fraction of sp³-hybridized carbons (Fsp3) is 0.211. The SMILES string of the molecule is COc1cnc(CSc2nccn2C)cc1OCC(=O)Nc1ccc(F)cc1F. The Morgan fingerprint density at radius 2 is 2.07 bits per heavy atom. The predicted molar refractivity (Wildman–Crippen MR) is 104 cm³/mol. The van der Waals surface area contributed by atoms with Gasteiger partial charge in [-0.2, -0.15) is 0 Å². The highest BCUT2D eigenvalue weighted by Gasteiger charge is 2.13. The number of ether oxygens (including phenoxy) is 2. The number of hydrogen-bond donors (Lipinski definition) is 1. The molecule has 7 nitrogen and oxygen atoms in total. The van der Waals surface area contributed by atoms with Crippen molar-refractivity contribution in [2.45, 2.75) is 10.9 Å². The first-order chi connectivity index (χ1) is 14.0. The molecule has 152 valence electrons. The van der Waals surface area contributed by atoms with Crippen LogP contribution in [0.5, 0.6) is 11.5 Å². The molecule has 0 unspecified atom stereocenters. The Labute approximate surface area is 170 Å². The first-order valence-corrected chi connectivity index (χ1v) is 9.45. The molecule has 1 N–H and O–H groups in total. The number of methoxy groups -OCH3 is 1. The molecule has 0 bridgehead atoms. The lowest BCUT2D eigenvalue weighted by molar-refractivity contribution is -0.118. The number of hydrogen-bond acceptors (Lipinski definition) is 6. The van der Waals surface area contributed by atoms with Gasteiger partial charge in [-0.05, 0) is 12.1 Å². The maximum atomic E-state index is 13.6. The molecule has 29 heavy (non-hydrogen) atoms. The van der Waals surface area contributed by atoms with Gasteiger partial charge in [-0.15, -0.1) is 0 Å². The van der Waals surface area contributed by atoms with E-state index < -0.39 is 17.5 Å². The van der Waals surface area contributed by atoms with Crippen molar-refractivity contribution in [3.05, 3.63) is 60.2 Å². The van der Waals surface area contributed by atoms with Gasteiger partial charge in [-0.25, -0.2) is 13.8 Å². The van der Waals surface area contributed by atoms with Gasteiger partial charge in [-0.3, -0.25) is 9.78 Å². The van der Waals surface area contributed by atoms with Gasteiger partial charge in [0.15, 0.2) is 23.3 Å². The summed E-state index contributed by atoms with van der Waals surface area (Å²) >= 11 is 1.50. The predicted octanol–water partition coefficient (Wildman–Crippen LogP) is 3.41. The molecule has 10 heteroatoms. The summed E-state index contributed by atoms with van der Waals surface area (Å²) in [6, 6.07) is 4.55. The lowest BCUT2D eigenvalue weighted by Crippen LogP contribution is -2.21. The number of thioether (sulfide) groups is 1. The molecule has 0 aliphatic carbocycles. The first kappa shape index (κ1) is 20.6. The average Bonchev–Trinajstić information content (AvgIpc) is 3.11. The van der Waals surface area contributed by atoms with Crippen molar-refractivity contribution in [1.29, 1.82) is 0 Å². The molecular weight excluding hydrogens is 402 g/mol. The number of benzene rings is 1. The summed E-state index contributed by atoms with van der Waals surface area (Å²) in [6.07, 6.45) is 5.06. The van der Waals surface area contributed by atoms with Crippen LogP contribution in [-0.4, -0.2) is 34.2 Å². The number of carbonyl (C=O) groups is 1. The molecule has 0 spiro atoms. The summed E-state index contributed by atoms with van der Waals surface area (Å²) in [5, 5.41) is 3.17. The van der Waals surface area contributed by atoms with Crippen molar-refractivity contribution >= 4 is 23.4 Å². The molecule has 0 aliphatic rings. The number of imidazole rings is 1. The molecule has 0 fully saturated rings. The van der Waals surface area contributed by atoms with Crippen LogP contribution in [0.25, 0.3) is 0 Å². The fourth-order valence-electron chi connectivity index (χ4n) is 2.36. The van der Waals surface area contributed by atoms with Crippen LogP contribution < -0.4 is 14.8 Å². The van der Waals surface area contributed by atoms with E-state index in [-0.39, 0.29) is 12.3 Å². The lowest BCUT2D eigenvalue weighted by atomic mass is 10.3. The van der Waals surface area contributed by atoms with Gasteiger partial charge in [0, 0.05) is 37.3 Å². The van der Waals surface area contributed by atoms with Gasteiger partial charge in [0.25, 0.3) is 5.91 Å². The molecule has 2 heterocycles. The maximum Gasteiger partial charge on any atom is 0.262 e. The zero-order valence-electron chi connectivity index (χ0n) is 15.7. The number of aryl methyl sites for hydroxylation is 1. The Balaban J connectivity index is 1.62. The van der Waals surface area contributed by atoms with Crippen molar-refractivity contribution in [3.8, 4) is 11.5 Å². The van der Waals surface area contributed by atoms with Crippen LogP contribution in [0, 0.1) is 11.6 Å². The topological polar surface area (TPSA) is 78.3 Å². The Morgan fingerprint density at radius 3 is 2.76 bits per heavy atom. The van der Waals surface area contributed by atoms with Crippen LogP contribution in [0.4, 0.5) is 14.5 Å². The zero-order valence-corrected chi connectivity index (χ0v) is 16.5. The quantitative estimate of drug-likeness (QED) is 0.563. The van der Waals surface area contributed by atoms with Gasteiger partial charge < -0.3 is 19.4 Å². The third kappa shape index (κ3) is 5.44. The number of pyridine rings is 1. The van der Waals surface area contributed by atoms with Gasteiger partial charge in [0.05, 0.1) is 24.7 Å². The molecular formula is C19H18F2N4O3S. The van der Waals surface area contributed by atoms with Crippen molar-refractivity contribution in [2.24, 2.45) is 7.05 Å². The summed E-state index contributed by atoms with van der Waals surface area (Å²) in [6.45, 7) is -0.386. The number of nitrogens with zero attached hydrogens (tertiary/aromatic N) is 3. The minimum Gasteiger partial charge on any atom is -0.491 e. The van der Waals surface area contributed by atoms with Crippen molar-refractivity contribution in [2.75, 3.05) is 19.0 Å². The van der Waals surface area contributed by atoms with E-state index in [1.165, 1.54) is 25.1 Å². The maximum absolute atomic E-state index is 13.6. The second-order valence-electron chi connectivity index (χ2n) is 5.90. The summed E-state index contributed by atoms with van der Waals surface area (Å²) < 4.78 is 39.2. The lowest BCUT2D eigenvalue weighted by Gasteiger charge is -2.12. The second-order valence-corrected chi connectivity index (χ2v) is 6.84. The van der Waals surface area contributed by atoms with E-state index in [0.717, 1.165) is 17.3 Å². The zero-order chi connectivity index (χ0) is 20.8. The van der Waals surface area contributed by atoms with Crippen LogP contribution in [0.15, 0.2) is 48.0 Å². The normalized spacial score (nSPS) is 10.6. The standard InChI is InChI=1S/C19H18F2N4O3S/c1-25-6-5-22-19(25)29-11-13-8-16(17(27-2)9-23-13)28-10-18(26)24-15-4-3-12(20)7-14(15)21/h3-9H,10-11H2,1-2H3,(H,24,26). The Hall–Kier alpha value is -3.14. The van der Waals surface area contributed by atoms with Gasteiger partial charge in [0.2, 0.25) is 0 Å². The van der Waals surface area contributed by atoms with Gasteiger partial charge in [-0.1, -0.05) is 11.8 Å². The third-order valence-electron chi connectivity index (χ3n) is 3.80. The van der Waals surface area contributed by atoms with Crippen molar-refractivity contribution in [1.82, 2.24) is 14.5 Å². The molecule has 0 saturated heterocycles.